The van der Waals surface area contributed by atoms with Gasteiger partial charge in [0.15, 0.2) is 0 Å². The van der Waals surface area contributed by atoms with Gasteiger partial charge >= 0.3 is 0 Å². The van der Waals surface area contributed by atoms with Gasteiger partial charge in [0.1, 0.15) is 0 Å². The molecule has 358 valence electrons. The molecule has 0 radical (unpaired) electrons. The average molecular weight is 847 g/mol. The first-order valence-corrected chi connectivity index (χ1v) is 27.9. The minimum Gasteiger partial charge on any atom is -0.394 e. The first kappa shape index (κ1) is 59.1. The van der Waals surface area contributed by atoms with Crippen LogP contribution in [0.5, 0.6) is 0 Å². The number of carbonyl (C=O) groups is 1. The van der Waals surface area contributed by atoms with Crippen LogP contribution in [0.15, 0.2) is 12.2 Å². The Balaban J connectivity index is 3.41. The first-order chi connectivity index (χ1) is 29.7. The lowest BCUT2D eigenvalue weighted by atomic mass is 10.0. The number of aliphatic hydroxyl groups is 2. The summed E-state index contributed by atoms with van der Waals surface area (Å²) in [5, 5.41) is 23.3. The highest BCUT2D eigenvalue weighted by molar-refractivity contribution is 5.76. The zero-order chi connectivity index (χ0) is 43.5. The zero-order valence-electron chi connectivity index (χ0n) is 41.3. The Labute approximate surface area is 377 Å². The third-order valence-corrected chi connectivity index (χ3v) is 13.3. The maximum absolute atomic E-state index is 12.5. The molecule has 0 aromatic rings. The molecule has 2 atom stereocenters. The first-order valence-electron chi connectivity index (χ1n) is 27.9. The normalized spacial score (nSPS) is 12.8. The summed E-state index contributed by atoms with van der Waals surface area (Å²) in [5.41, 5.74) is 0. The van der Waals surface area contributed by atoms with Crippen molar-refractivity contribution < 1.29 is 15.0 Å². The van der Waals surface area contributed by atoms with E-state index in [0.29, 0.717) is 12.8 Å². The van der Waals surface area contributed by atoms with Gasteiger partial charge in [-0.2, -0.15) is 0 Å². The summed E-state index contributed by atoms with van der Waals surface area (Å²) in [6.07, 6.45) is 67.7. The molecule has 0 saturated heterocycles. The van der Waals surface area contributed by atoms with E-state index in [2.05, 4.69) is 31.3 Å². The molecule has 60 heavy (non-hydrogen) atoms. The second-order valence-electron chi connectivity index (χ2n) is 19.4. The second-order valence-corrected chi connectivity index (χ2v) is 19.4. The van der Waals surface area contributed by atoms with E-state index in [1.165, 1.54) is 270 Å². The molecule has 1 amide bonds. The molecular formula is C56H111NO3. The lowest BCUT2D eigenvalue weighted by molar-refractivity contribution is -0.123. The summed E-state index contributed by atoms with van der Waals surface area (Å²) in [4.78, 5) is 12.5. The fourth-order valence-electron chi connectivity index (χ4n) is 9.01. The second kappa shape index (κ2) is 52.5. The molecule has 0 fully saturated rings. The molecule has 0 bridgehead atoms. The van der Waals surface area contributed by atoms with Crippen LogP contribution in [-0.2, 0) is 4.79 Å². The van der Waals surface area contributed by atoms with Gasteiger partial charge in [-0.25, -0.2) is 0 Å². The minimum atomic E-state index is -0.656. The molecule has 2 unspecified atom stereocenters. The highest BCUT2D eigenvalue weighted by Crippen LogP contribution is 2.18. The molecule has 0 aromatic heterocycles. The highest BCUT2D eigenvalue weighted by atomic mass is 16.3. The van der Waals surface area contributed by atoms with Crippen LogP contribution in [0.25, 0.3) is 0 Å². The van der Waals surface area contributed by atoms with E-state index in [9.17, 15) is 15.0 Å². The summed E-state index contributed by atoms with van der Waals surface area (Å²) < 4.78 is 0. The number of carbonyl (C=O) groups excluding carboxylic acids is 1. The van der Waals surface area contributed by atoms with Crippen molar-refractivity contribution in [1.29, 1.82) is 0 Å². The predicted molar refractivity (Wildman–Crippen MR) is 267 cm³/mol. The van der Waals surface area contributed by atoms with Gasteiger partial charge in [0.25, 0.3) is 0 Å². The maximum Gasteiger partial charge on any atom is 0.220 e. The molecule has 0 saturated carbocycles. The average Bonchev–Trinajstić information content (AvgIpc) is 3.25. The van der Waals surface area contributed by atoms with E-state index in [0.717, 1.165) is 25.7 Å². The van der Waals surface area contributed by atoms with Crippen molar-refractivity contribution in [2.75, 3.05) is 6.61 Å². The number of rotatable bonds is 52. The summed E-state index contributed by atoms with van der Waals surface area (Å²) in [5.74, 6) is -0.0241. The zero-order valence-corrected chi connectivity index (χ0v) is 41.3. The number of unbranched alkanes of at least 4 members (excludes halogenated alkanes) is 43. The Bertz CT molecular complexity index is 829. The number of nitrogens with one attached hydrogen (secondary N) is 1. The fraction of sp³-hybridized carbons (Fsp3) is 0.946. The van der Waals surface area contributed by atoms with Crippen LogP contribution in [0.4, 0.5) is 0 Å². The molecular weight excluding hydrogens is 735 g/mol. The van der Waals surface area contributed by atoms with Gasteiger partial charge < -0.3 is 15.5 Å². The van der Waals surface area contributed by atoms with Gasteiger partial charge in [0.05, 0.1) is 18.8 Å². The van der Waals surface area contributed by atoms with E-state index in [4.69, 9.17) is 0 Å². The van der Waals surface area contributed by atoms with Crippen LogP contribution in [0.3, 0.4) is 0 Å². The Morgan fingerprint density at radius 1 is 0.383 bits per heavy atom. The van der Waals surface area contributed by atoms with Gasteiger partial charge in [-0.3, -0.25) is 4.79 Å². The van der Waals surface area contributed by atoms with Gasteiger partial charge in [-0.15, -0.1) is 0 Å². The molecule has 3 N–H and O–H groups in total. The summed E-state index contributed by atoms with van der Waals surface area (Å²) >= 11 is 0. The molecule has 0 aliphatic rings. The van der Waals surface area contributed by atoms with Crippen molar-refractivity contribution in [3.8, 4) is 0 Å². The number of aliphatic hydroxyl groups excluding tert-OH is 2. The third-order valence-electron chi connectivity index (χ3n) is 13.3. The predicted octanol–water partition coefficient (Wildman–Crippen LogP) is 18.1. The molecule has 4 heteroatoms. The van der Waals surface area contributed by atoms with Crippen LogP contribution in [-0.4, -0.2) is 34.9 Å². The van der Waals surface area contributed by atoms with Gasteiger partial charge in [0.2, 0.25) is 5.91 Å². The van der Waals surface area contributed by atoms with Crippen LogP contribution in [0, 0.1) is 0 Å². The Morgan fingerprint density at radius 3 is 0.917 bits per heavy atom. The Morgan fingerprint density at radius 2 is 0.633 bits per heavy atom. The highest BCUT2D eigenvalue weighted by Gasteiger charge is 2.20. The van der Waals surface area contributed by atoms with Crippen LogP contribution < -0.4 is 5.32 Å². The third kappa shape index (κ3) is 48.2. The Kier molecular flexibility index (Phi) is 51.7. The Hall–Kier alpha value is -0.870. The van der Waals surface area contributed by atoms with Crippen LogP contribution in [0.2, 0.25) is 0 Å². The molecule has 0 rings (SSSR count). The lowest BCUT2D eigenvalue weighted by Crippen LogP contribution is -2.45. The molecule has 4 nitrogen and oxygen atoms in total. The van der Waals surface area contributed by atoms with E-state index in [1.807, 2.05) is 0 Å². The monoisotopic (exact) mass is 846 g/mol. The van der Waals surface area contributed by atoms with Gasteiger partial charge in [-0.05, 0) is 38.5 Å². The molecule has 0 aliphatic heterocycles. The van der Waals surface area contributed by atoms with E-state index >= 15 is 0 Å². The largest absolute Gasteiger partial charge is 0.394 e. The smallest absolute Gasteiger partial charge is 0.220 e. The van der Waals surface area contributed by atoms with Crippen molar-refractivity contribution in [3.63, 3.8) is 0 Å². The van der Waals surface area contributed by atoms with Crippen molar-refractivity contribution >= 4 is 5.91 Å². The quantitative estimate of drug-likeness (QED) is 0.0422. The fourth-order valence-corrected chi connectivity index (χ4v) is 9.01. The van der Waals surface area contributed by atoms with E-state index in [1.54, 1.807) is 0 Å². The van der Waals surface area contributed by atoms with Crippen LogP contribution >= 0.6 is 0 Å². The molecule has 0 spiro atoms. The van der Waals surface area contributed by atoms with Crippen molar-refractivity contribution in [1.82, 2.24) is 5.32 Å². The molecule has 0 heterocycles. The lowest BCUT2D eigenvalue weighted by Gasteiger charge is -2.22. The summed E-state index contributed by atoms with van der Waals surface area (Å²) in [6.45, 7) is 4.40. The SMILES string of the molecule is CCCCCCCCCC/C=C\CCCCCCCCCCCCCCCCCCCC(=O)NC(CO)C(O)CCCCCCCCCCCCCCCCCCCCC. The van der Waals surface area contributed by atoms with Crippen LogP contribution in [0.1, 0.15) is 322 Å². The topological polar surface area (TPSA) is 69.6 Å². The number of hydrogen-bond donors (Lipinski definition) is 3. The molecule has 0 aromatic carbocycles. The van der Waals surface area contributed by atoms with Crippen molar-refractivity contribution in [3.05, 3.63) is 12.2 Å². The number of allylic oxidation sites excluding steroid dienone is 2. The molecule has 0 aliphatic carbocycles. The number of hydrogen-bond acceptors (Lipinski definition) is 3. The van der Waals surface area contributed by atoms with Crippen molar-refractivity contribution in [2.45, 2.75) is 334 Å². The van der Waals surface area contributed by atoms with E-state index < -0.39 is 12.1 Å². The minimum absolute atomic E-state index is 0.0241. The number of amides is 1. The van der Waals surface area contributed by atoms with Gasteiger partial charge in [0, 0.05) is 6.42 Å². The van der Waals surface area contributed by atoms with E-state index in [-0.39, 0.29) is 12.5 Å². The standard InChI is InChI=1S/C56H111NO3/c1-3-5-7-9-11-13-15-17-19-21-23-24-25-26-27-28-29-30-31-32-34-36-38-40-42-44-46-48-50-52-56(60)57-54(53-58)55(59)51-49-47-45-43-41-39-37-35-33-22-20-18-16-14-12-10-8-6-4-2/h21,23,54-55,58-59H,3-20,22,24-53H2,1-2H3,(H,57,60)/b23-21-. The summed E-state index contributed by atoms with van der Waals surface area (Å²) in [7, 11) is 0. The summed E-state index contributed by atoms with van der Waals surface area (Å²) in [6, 6.07) is -0.533. The maximum atomic E-state index is 12.5. The van der Waals surface area contributed by atoms with Crippen molar-refractivity contribution in [2.24, 2.45) is 0 Å². The van der Waals surface area contributed by atoms with Gasteiger partial charge in [-0.1, -0.05) is 289 Å².